The van der Waals surface area contributed by atoms with Crippen LogP contribution in [0.2, 0.25) is 0 Å². The summed E-state index contributed by atoms with van der Waals surface area (Å²) in [5.41, 5.74) is 9.21. The number of aryl methyl sites for hydroxylation is 1. The van der Waals surface area contributed by atoms with Gasteiger partial charge in [0.05, 0.1) is 0 Å². The van der Waals surface area contributed by atoms with Crippen LogP contribution in [-0.4, -0.2) is 27.9 Å². The Morgan fingerprint density at radius 2 is 1.79 bits per heavy atom. The van der Waals surface area contributed by atoms with E-state index in [-0.39, 0.29) is 11.5 Å². The van der Waals surface area contributed by atoms with Crippen LogP contribution in [0.25, 0.3) is 0 Å². The van der Waals surface area contributed by atoms with Crippen molar-refractivity contribution < 1.29 is 19.1 Å². The van der Waals surface area contributed by atoms with Crippen LogP contribution in [-0.2, 0) is 11.2 Å². The summed E-state index contributed by atoms with van der Waals surface area (Å²) >= 11 is 0. The van der Waals surface area contributed by atoms with E-state index in [2.05, 4.69) is 34.4 Å². The molecule has 9 heteroatoms. The molecule has 0 fully saturated rings. The number of primary amides is 1. The lowest BCUT2D eigenvalue weighted by molar-refractivity contribution is -0.131. The zero-order chi connectivity index (χ0) is 24.1. The molecule has 33 heavy (non-hydrogen) atoms. The van der Waals surface area contributed by atoms with Crippen molar-refractivity contribution in [2.75, 3.05) is 10.6 Å². The Morgan fingerprint density at radius 1 is 1.09 bits per heavy atom. The first-order valence-corrected chi connectivity index (χ1v) is 10.5. The first kappa shape index (κ1) is 23.5. The summed E-state index contributed by atoms with van der Waals surface area (Å²) in [4.78, 5) is 42.6. The van der Waals surface area contributed by atoms with Crippen molar-refractivity contribution in [1.29, 1.82) is 0 Å². The summed E-state index contributed by atoms with van der Waals surface area (Å²) in [6, 6.07) is 12.0. The number of H-pyrrole nitrogens is 1. The number of hydrogen-bond donors (Lipinski definition) is 4. The number of urea groups is 1. The molecule has 0 atom stereocenters. The fourth-order valence-corrected chi connectivity index (χ4v) is 3.48. The summed E-state index contributed by atoms with van der Waals surface area (Å²) in [6.07, 6.45) is 0.347. The van der Waals surface area contributed by atoms with Gasteiger partial charge in [-0.15, -0.1) is 0 Å². The number of carbonyl (C=O) groups excluding carboxylic acids is 3. The van der Waals surface area contributed by atoms with Crippen molar-refractivity contribution in [3.05, 3.63) is 70.7 Å². The number of ether oxygens (including phenoxy) is 1. The minimum atomic E-state index is -0.744. The zero-order valence-electron chi connectivity index (χ0n) is 19.0. The minimum Gasteiger partial charge on any atom is -0.427 e. The van der Waals surface area contributed by atoms with Gasteiger partial charge in [0, 0.05) is 19.0 Å². The van der Waals surface area contributed by atoms with Crippen LogP contribution in [0.4, 0.5) is 16.3 Å². The van der Waals surface area contributed by atoms with Gasteiger partial charge >= 0.3 is 12.0 Å². The molecule has 0 radical (unpaired) electrons. The Kier molecular flexibility index (Phi) is 7.12. The lowest BCUT2D eigenvalue weighted by atomic mass is 9.98. The molecule has 9 nitrogen and oxygen atoms in total. The van der Waals surface area contributed by atoms with Crippen LogP contribution in [0, 0.1) is 6.92 Å². The average Bonchev–Trinajstić information content (AvgIpc) is 3.11. The normalized spacial score (nSPS) is 10.7. The van der Waals surface area contributed by atoms with E-state index in [0.29, 0.717) is 29.6 Å². The van der Waals surface area contributed by atoms with Gasteiger partial charge in [0.1, 0.15) is 17.3 Å². The molecule has 172 valence electrons. The molecule has 0 saturated heterocycles. The summed E-state index contributed by atoms with van der Waals surface area (Å²) in [6.45, 7) is 7.53. The van der Waals surface area contributed by atoms with Crippen molar-refractivity contribution in [2.24, 2.45) is 5.73 Å². The molecule has 0 aliphatic carbocycles. The Labute approximate surface area is 191 Å². The van der Waals surface area contributed by atoms with Crippen LogP contribution in [0.5, 0.6) is 5.75 Å². The first-order valence-electron chi connectivity index (χ1n) is 10.5. The van der Waals surface area contributed by atoms with E-state index in [1.165, 1.54) is 12.5 Å². The van der Waals surface area contributed by atoms with Crippen molar-refractivity contribution in [1.82, 2.24) is 9.97 Å². The molecule has 0 aliphatic rings. The standard InChI is InChI=1S/C24H27N5O4/c1-13(2)19-10-7-17(11-14(19)3)26-24(32)29-23-21(22(25)31)27-20(28-23)12-16-5-8-18(9-6-16)33-15(4)30/h5-11,13H,12H2,1-4H3,(H2,25,31)(H,27,28)(H2,26,29,32). The van der Waals surface area contributed by atoms with Gasteiger partial charge < -0.3 is 20.8 Å². The quantitative estimate of drug-likeness (QED) is 0.318. The number of esters is 1. The molecule has 0 unspecified atom stereocenters. The van der Waals surface area contributed by atoms with Crippen LogP contribution in [0.15, 0.2) is 42.5 Å². The Bertz CT molecular complexity index is 1180. The van der Waals surface area contributed by atoms with Gasteiger partial charge in [-0.2, -0.15) is 0 Å². The van der Waals surface area contributed by atoms with Crippen molar-refractivity contribution in [3.8, 4) is 5.75 Å². The number of nitrogens with one attached hydrogen (secondary N) is 3. The smallest absolute Gasteiger partial charge is 0.324 e. The number of rotatable bonds is 7. The summed E-state index contributed by atoms with van der Waals surface area (Å²) in [5.74, 6) is 0.148. The van der Waals surface area contributed by atoms with E-state index in [0.717, 1.165) is 11.1 Å². The SMILES string of the molecule is CC(=O)Oc1ccc(Cc2nc(NC(=O)Nc3ccc(C(C)C)c(C)c3)c(C(N)=O)[nH]2)cc1. The predicted molar refractivity (Wildman–Crippen MR) is 126 cm³/mol. The lowest BCUT2D eigenvalue weighted by Gasteiger charge is -2.12. The number of aromatic nitrogens is 2. The molecule has 1 aromatic heterocycles. The van der Waals surface area contributed by atoms with Gasteiger partial charge in [-0.1, -0.05) is 32.0 Å². The largest absolute Gasteiger partial charge is 0.427 e. The van der Waals surface area contributed by atoms with E-state index in [4.69, 9.17) is 10.5 Å². The molecule has 0 spiro atoms. The van der Waals surface area contributed by atoms with Gasteiger partial charge in [-0.25, -0.2) is 9.78 Å². The highest BCUT2D eigenvalue weighted by molar-refractivity contribution is 6.04. The lowest BCUT2D eigenvalue weighted by Crippen LogP contribution is -2.22. The number of benzene rings is 2. The Hall–Kier alpha value is -4.14. The van der Waals surface area contributed by atoms with Crippen molar-refractivity contribution >= 4 is 29.4 Å². The van der Waals surface area contributed by atoms with Gasteiger partial charge in [-0.3, -0.25) is 14.9 Å². The molecule has 3 aromatic rings. The third-order valence-electron chi connectivity index (χ3n) is 4.94. The predicted octanol–water partition coefficient (Wildman–Crippen LogP) is 4.10. The number of anilines is 2. The summed E-state index contributed by atoms with van der Waals surface area (Å²) in [5, 5.41) is 5.33. The number of carbonyl (C=O) groups is 3. The van der Waals surface area contributed by atoms with Crippen LogP contribution in [0.1, 0.15) is 59.7 Å². The average molecular weight is 450 g/mol. The van der Waals surface area contributed by atoms with Gasteiger partial charge in [0.2, 0.25) is 0 Å². The van der Waals surface area contributed by atoms with Gasteiger partial charge in [0.25, 0.3) is 5.91 Å². The molecular formula is C24H27N5O4. The summed E-state index contributed by atoms with van der Waals surface area (Å²) in [7, 11) is 0. The van der Waals surface area contributed by atoms with Crippen molar-refractivity contribution in [3.63, 3.8) is 0 Å². The van der Waals surface area contributed by atoms with Crippen LogP contribution < -0.4 is 21.1 Å². The van der Waals surface area contributed by atoms with E-state index in [1.807, 2.05) is 25.1 Å². The van der Waals surface area contributed by atoms with Crippen LogP contribution >= 0.6 is 0 Å². The second-order valence-corrected chi connectivity index (χ2v) is 7.99. The van der Waals surface area contributed by atoms with Gasteiger partial charge in [-0.05, 0) is 53.8 Å². The maximum absolute atomic E-state index is 12.5. The highest BCUT2D eigenvalue weighted by Gasteiger charge is 2.18. The third kappa shape index (κ3) is 6.19. The first-order chi connectivity index (χ1) is 15.6. The fraction of sp³-hybridized carbons (Fsp3) is 0.250. The maximum Gasteiger partial charge on any atom is 0.324 e. The highest BCUT2D eigenvalue weighted by Crippen LogP contribution is 2.23. The topological polar surface area (TPSA) is 139 Å². The summed E-state index contributed by atoms with van der Waals surface area (Å²) < 4.78 is 5.01. The van der Waals surface area contributed by atoms with Crippen molar-refractivity contribution in [2.45, 2.75) is 40.0 Å². The molecule has 3 amide bonds. The number of aromatic amines is 1. The molecule has 3 rings (SSSR count). The third-order valence-corrected chi connectivity index (χ3v) is 4.94. The van der Waals surface area contributed by atoms with E-state index < -0.39 is 17.9 Å². The molecule has 0 saturated carbocycles. The number of hydrogen-bond acceptors (Lipinski definition) is 5. The molecule has 0 aliphatic heterocycles. The van der Waals surface area contributed by atoms with Crippen LogP contribution in [0.3, 0.4) is 0 Å². The number of amides is 3. The fourth-order valence-electron chi connectivity index (χ4n) is 3.48. The maximum atomic E-state index is 12.5. The number of imidazole rings is 1. The van der Waals surface area contributed by atoms with Gasteiger partial charge in [0.15, 0.2) is 5.82 Å². The Morgan fingerprint density at radius 3 is 2.36 bits per heavy atom. The highest BCUT2D eigenvalue weighted by atomic mass is 16.5. The van der Waals surface area contributed by atoms with E-state index >= 15 is 0 Å². The molecular weight excluding hydrogens is 422 g/mol. The van der Waals surface area contributed by atoms with E-state index in [9.17, 15) is 14.4 Å². The minimum absolute atomic E-state index is 0.00280. The number of nitrogens with two attached hydrogens (primary N) is 1. The monoisotopic (exact) mass is 449 g/mol. The van der Waals surface area contributed by atoms with E-state index in [1.54, 1.807) is 24.3 Å². The second kappa shape index (κ2) is 9.99. The molecule has 5 N–H and O–H groups in total. The Balaban J connectivity index is 1.71. The zero-order valence-corrected chi connectivity index (χ0v) is 19.0. The molecule has 2 aromatic carbocycles. The second-order valence-electron chi connectivity index (χ2n) is 7.99. The molecule has 1 heterocycles. The number of nitrogens with zero attached hydrogens (tertiary/aromatic N) is 1. The molecule has 0 bridgehead atoms.